The maximum atomic E-state index is 12.5. The molecule has 9 heteroatoms. The summed E-state index contributed by atoms with van der Waals surface area (Å²) in [5.74, 6) is -0.632. The lowest BCUT2D eigenvalue weighted by atomic mass is 10.1. The average molecular weight is 446 g/mol. The number of carbonyl (C=O) groups excluding carboxylic acids is 2. The van der Waals surface area contributed by atoms with Gasteiger partial charge in [0, 0.05) is 25.6 Å². The van der Waals surface area contributed by atoms with Gasteiger partial charge in [0.15, 0.2) is 0 Å². The molecule has 30 heavy (non-hydrogen) atoms. The number of fused-ring (bicyclic) bond motifs is 1. The molecule has 0 bridgehead atoms. The van der Waals surface area contributed by atoms with Gasteiger partial charge in [-0.25, -0.2) is 13.1 Å². The van der Waals surface area contributed by atoms with E-state index in [9.17, 15) is 18.0 Å². The molecule has 3 aromatic carbocycles. The normalized spacial score (nSPS) is 11.3. The molecule has 156 valence electrons. The zero-order chi connectivity index (χ0) is 21.7. The number of rotatable bonds is 7. The molecule has 0 heterocycles. The second kappa shape index (κ2) is 9.25. The Labute approximate surface area is 179 Å². The first-order chi connectivity index (χ1) is 14.2. The number of hydrogen-bond acceptors (Lipinski definition) is 4. The van der Waals surface area contributed by atoms with Gasteiger partial charge in [-0.15, -0.1) is 0 Å². The maximum Gasteiger partial charge on any atom is 0.240 e. The molecule has 3 aromatic rings. The molecule has 0 aliphatic rings. The molecular formula is C21H20ClN3O4S. The first-order valence-corrected chi connectivity index (χ1v) is 11.0. The highest BCUT2D eigenvalue weighted by Gasteiger charge is 2.15. The Balaban J connectivity index is 1.56. The molecule has 0 radical (unpaired) electrons. The minimum atomic E-state index is -3.74. The third-order valence-corrected chi connectivity index (χ3v) is 6.01. The molecule has 0 atom stereocenters. The molecule has 3 N–H and O–H groups in total. The van der Waals surface area contributed by atoms with Crippen LogP contribution in [0.15, 0.2) is 65.6 Å². The fourth-order valence-corrected chi connectivity index (χ4v) is 4.12. The standard InChI is InChI=1S/C21H20ClN3O4S/c1-14(26)24-20-9-7-17(13-19(20)22)25-21(27)10-11-23-30(28,29)18-8-6-15-4-2-3-5-16(15)12-18/h2-9,12-13,23H,10-11H2,1H3,(H,24,26)(H,25,27). The number of hydrogen-bond donors (Lipinski definition) is 3. The Morgan fingerprint density at radius 2 is 1.67 bits per heavy atom. The van der Waals surface area contributed by atoms with E-state index >= 15 is 0 Å². The van der Waals surface area contributed by atoms with Crippen LogP contribution in [0.5, 0.6) is 0 Å². The monoisotopic (exact) mass is 445 g/mol. The molecule has 0 fully saturated rings. The smallest absolute Gasteiger partial charge is 0.240 e. The Bertz CT molecular complexity index is 1210. The SMILES string of the molecule is CC(=O)Nc1ccc(NC(=O)CCNS(=O)(=O)c2ccc3ccccc3c2)cc1Cl. The first-order valence-electron chi connectivity index (χ1n) is 9.10. The van der Waals surface area contributed by atoms with Gasteiger partial charge in [-0.1, -0.05) is 41.9 Å². The van der Waals surface area contributed by atoms with E-state index in [0.717, 1.165) is 10.8 Å². The predicted octanol–water partition coefficient (Wildman–Crippen LogP) is 3.76. The summed E-state index contributed by atoms with van der Waals surface area (Å²) in [6.45, 7) is 1.31. The van der Waals surface area contributed by atoms with Gasteiger partial charge in [0.1, 0.15) is 0 Å². The van der Waals surface area contributed by atoms with Crippen LogP contribution in [0, 0.1) is 0 Å². The number of sulfonamides is 1. The van der Waals surface area contributed by atoms with Crippen molar-refractivity contribution in [3.8, 4) is 0 Å². The van der Waals surface area contributed by atoms with E-state index in [4.69, 9.17) is 11.6 Å². The van der Waals surface area contributed by atoms with Crippen LogP contribution in [0.25, 0.3) is 10.8 Å². The molecule has 0 aliphatic heterocycles. The Kier molecular flexibility index (Phi) is 6.71. The van der Waals surface area contributed by atoms with Crippen molar-refractivity contribution in [1.29, 1.82) is 0 Å². The van der Waals surface area contributed by atoms with Crippen molar-refractivity contribution < 1.29 is 18.0 Å². The average Bonchev–Trinajstić information content (AvgIpc) is 2.69. The topological polar surface area (TPSA) is 104 Å². The van der Waals surface area contributed by atoms with Gasteiger partial charge >= 0.3 is 0 Å². The zero-order valence-electron chi connectivity index (χ0n) is 16.1. The highest BCUT2D eigenvalue weighted by Crippen LogP contribution is 2.25. The lowest BCUT2D eigenvalue weighted by molar-refractivity contribution is -0.116. The van der Waals surface area contributed by atoms with Gasteiger partial charge in [0.2, 0.25) is 21.8 Å². The lowest BCUT2D eigenvalue weighted by Crippen LogP contribution is -2.27. The van der Waals surface area contributed by atoms with Crippen molar-refractivity contribution in [2.45, 2.75) is 18.2 Å². The number of amides is 2. The number of carbonyl (C=O) groups is 2. The van der Waals surface area contributed by atoms with Crippen LogP contribution in [0.3, 0.4) is 0 Å². The van der Waals surface area contributed by atoms with Crippen molar-refractivity contribution in [3.05, 3.63) is 65.7 Å². The van der Waals surface area contributed by atoms with E-state index in [1.165, 1.54) is 19.1 Å². The molecule has 0 aromatic heterocycles. The van der Waals surface area contributed by atoms with Crippen LogP contribution in [0.1, 0.15) is 13.3 Å². The second-order valence-corrected chi connectivity index (χ2v) is 8.75. The summed E-state index contributed by atoms with van der Waals surface area (Å²) >= 11 is 6.07. The predicted molar refractivity (Wildman–Crippen MR) is 118 cm³/mol. The van der Waals surface area contributed by atoms with E-state index in [0.29, 0.717) is 11.4 Å². The van der Waals surface area contributed by atoms with Gasteiger partial charge in [0.25, 0.3) is 0 Å². The van der Waals surface area contributed by atoms with E-state index in [2.05, 4.69) is 15.4 Å². The molecular weight excluding hydrogens is 426 g/mol. The van der Waals surface area contributed by atoms with Crippen LogP contribution in [0.4, 0.5) is 11.4 Å². The second-order valence-electron chi connectivity index (χ2n) is 6.58. The van der Waals surface area contributed by atoms with Crippen LogP contribution < -0.4 is 15.4 Å². The van der Waals surface area contributed by atoms with Crippen molar-refractivity contribution in [2.75, 3.05) is 17.2 Å². The summed E-state index contributed by atoms with van der Waals surface area (Å²) in [5, 5.41) is 7.25. The number of nitrogens with one attached hydrogen (secondary N) is 3. The van der Waals surface area contributed by atoms with Crippen LogP contribution in [0.2, 0.25) is 5.02 Å². The zero-order valence-corrected chi connectivity index (χ0v) is 17.7. The number of anilines is 2. The molecule has 3 rings (SSSR count). The van der Waals surface area contributed by atoms with Gasteiger partial charge < -0.3 is 10.6 Å². The summed E-state index contributed by atoms with van der Waals surface area (Å²) in [4.78, 5) is 23.4. The molecule has 0 saturated carbocycles. The van der Waals surface area contributed by atoms with Crippen LogP contribution in [-0.2, 0) is 19.6 Å². The summed E-state index contributed by atoms with van der Waals surface area (Å²) in [7, 11) is -3.74. The number of halogens is 1. The fourth-order valence-electron chi connectivity index (χ4n) is 2.82. The molecule has 0 saturated heterocycles. The Hall–Kier alpha value is -2.94. The summed E-state index contributed by atoms with van der Waals surface area (Å²) in [6.07, 6.45) is -0.0577. The summed E-state index contributed by atoms with van der Waals surface area (Å²) in [6, 6.07) is 17.0. The molecule has 7 nitrogen and oxygen atoms in total. The van der Waals surface area contributed by atoms with Crippen molar-refractivity contribution in [1.82, 2.24) is 4.72 Å². The van der Waals surface area contributed by atoms with E-state index in [1.54, 1.807) is 24.3 Å². The van der Waals surface area contributed by atoms with Crippen LogP contribution >= 0.6 is 11.6 Å². The lowest BCUT2D eigenvalue weighted by Gasteiger charge is -2.10. The molecule has 0 spiro atoms. The Morgan fingerprint density at radius 3 is 2.37 bits per heavy atom. The third-order valence-electron chi connectivity index (χ3n) is 4.24. The maximum absolute atomic E-state index is 12.5. The van der Waals surface area contributed by atoms with E-state index in [-0.39, 0.29) is 34.7 Å². The quantitative estimate of drug-likeness (QED) is 0.515. The highest BCUT2D eigenvalue weighted by molar-refractivity contribution is 7.89. The molecule has 0 aliphatic carbocycles. The Morgan fingerprint density at radius 1 is 0.933 bits per heavy atom. The van der Waals surface area contributed by atoms with Gasteiger partial charge in [-0.3, -0.25) is 9.59 Å². The largest absolute Gasteiger partial charge is 0.326 e. The van der Waals surface area contributed by atoms with E-state index in [1.807, 2.05) is 24.3 Å². The van der Waals surface area contributed by atoms with Crippen LogP contribution in [-0.4, -0.2) is 26.8 Å². The molecule has 0 unspecified atom stereocenters. The first kappa shape index (κ1) is 21.8. The number of benzene rings is 3. The molecule has 2 amide bonds. The van der Waals surface area contributed by atoms with Crippen molar-refractivity contribution in [2.24, 2.45) is 0 Å². The minimum Gasteiger partial charge on any atom is -0.326 e. The van der Waals surface area contributed by atoms with Gasteiger partial charge in [-0.2, -0.15) is 0 Å². The van der Waals surface area contributed by atoms with Crippen molar-refractivity contribution in [3.63, 3.8) is 0 Å². The minimum absolute atomic E-state index is 0.0568. The summed E-state index contributed by atoms with van der Waals surface area (Å²) in [5.41, 5.74) is 0.877. The van der Waals surface area contributed by atoms with Gasteiger partial charge in [-0.05, 0) is 41.1 Å². The third kappa shape index (κ3) is 5.56. The fraction of sp³-hybridized carbons (Fsp3) is 0.143. The summed E-state index contributed by atoms with van der Waals surface area (Å²) < 4.78 is 27.4. The van der Waals surface area contributed by atoms with Crippen molar-refractivity contribution >= 4 is 55.6 Å². The van der Waals surface area contributed by atoms with Gasteiger partial charge in [0.05, 0.1) is 15.6 Å². The van der Waals surface area contributed by atoms with E-state index < -0.39 is 10.0 Å². The highest BCUT2D eigenvalue weighted by atomic mass is 35.5.